The smallest absolute Gasteiger partial charge is 0.356 e. The lowest BCUT2D eigenvalue weighted by Gasteiger charge is -2.04. The highest BCUT2D eigenvalue weighted by molar-refractivity contribution is 5.84. The second-order valence-electron chi connectivity index (χ2n) is 3.22. The van der Waals surface area contributed by atoms with Gasteiger partial charge in [0.25, 0.3) is 0 Å². The second-order valence-corrected chi connectivity index (χ2v) is 3.22. The summed E-state index contributed by atoms with van der Waals surface area (Å²) in [7, 11) is 0. The van der Waals surface area contributed by atoms with E-state index in [-0.39, 0.29) is 11.6 Å². The lowest BCUT2D eigenvalue weighted by Crippen LogP contribution is -2.01. The minimum absolute atomic E-state index is 0.130. The molecule has 1 heterocycles. The van der Waals surface area contributed by atoms with Crippen molar-refractivity contribution in [3.05, 3.63) is 42.4 Å². The van der Waals surface area contributed by atoms with Gasteiger partial charge in [0.1, 0.15) is 5.75 Å². The van der Waals surface area contributed by atoms with Crippen LogP contribution in [0.1, 0.15) is 10.5 Å². The van der Waals surface area contributed by atoms with Gasteiger partial charge in [0.15, 0.2) is 5.69 Å². The molecule has 6 heteroatoms. The number of carboxylic acid groups (broad SMARTS) is 1. The van der Waals surface area contributed by atoms with Crippen LogP contribution < -0.4 is 10.5 Å². The molecule has 0 bridgehead atoms. The van der Waals surface area contributed by atoms with E-state index in [1.165, 1.54) is 6.20 Å². The predicted octanol–water partition coefficient (Wildman–Crippen LogP) is 1.55. The number of hydrogen-bond donors (Lipinski definition) is 2. The summed E-state index contributed by atoms with van der Waals surface area (Å²) in [6.45, 7) is 0. The average molecular weight is 231 g/mol. The van der Waals surface area contributed by atoms with Crippen LogP contribution in [0, 0.1) is 0 Å². The molecule has 2 rings (SSSR count). The summed E-state index contributed by atoms with van der Waals surface area (Å²) in [4.78, 5) is 18.1. The molecule has 1 aromatic carbocycles. The number of carboxylic acids is 1. The van der Waals surface area contributed by atoms with Gasteiger partial charge in [0.2, 0.25) is 5.88 Å². The Kier molecular flexibility index (Phi) is 2.87. The van der Waals surface area contributed by atoms with Crippen LogP contribution >= 0.6 is 0 Å². The summed E-state index contributed by atoms with van der Waals surface area (Å²) >= 11 is 0. The van der Waals surface area contributed by atoms with Gasteiger partial charge in [-0.2, -0.15) is 0 Å². The van der Waals surface area contributed by atoms with Crippen molar-refractivity contribution >= 4 is 11.7 Å². The number of nitrogens with two attached hydrogens (primary N) is 1. The Hall–Kier alpha value is -2.63. The van der Waals surface area contributed by atoms with Crippen LogP contribution in [0.5, 0.6) is 11.6 Å². The first-order chi connectivity index (χ1) is 8.15. The Morgan fingerprint density at radius 1 is 1.18 bits per heavy atom. The molecule has 0 unspecified atom stereocenters. The molecular formula is C11H9N3O3. The number of benzene rings is 1. The van der Waals surface area contributed by atoms with Crippen LogP contribution in [0.2, 0.25) is 0 Å². The molecule has 0 radical (unpaired) electrons. The molecule has 6 nitrogen and oxygen atoms in total. The van der Waals surface area contributed by atoms with Crippen molar-refractivity contribution < 1.29 is 14.6 Å². The molecule has 0 saturated heterocycles. The monoisotopic (exact) mass is 231 g/mol. The van der Waals surface area contributed by atoms with Crippen molar-refractivity contribution in [1.29, 1.82) is 0 Å². The van der Waals surface area contributed by atoms with Crippen molar-refractivity contribution in [3.63, 3.8) is 0 Å². The SMILES string of the molecule is Nc1ccc(Oc2cnc(C(=O)O)cn2)cc1. The molecule has 86 valence electrons. The van der Waals surface area contributed by atoms with Crippen LogP contribution in [-0.4, -0.2) is 21.0 Å². The van der Waals surface area contributed by atoms with E-state index in [0.29, 0.717) is 11.4 Å². The third-order valence-electron chi connectivity index (χ3n) is 1.95. The maximum atomic E-state index is 10.6. The fraction of sp³-hybridized carbons (Fsp3) is 0. The minimum Gasteiger partial charge on any atom is -0.476 e. The van der Waals surface area contributed by atoms with E-state index in [4.69, 9.17) is 15.6 Å². The summed E-state index contributed by atoms with van der Waals surface area (Å²) in [5.74, 6) is -0.354. The zero-order valence-electron chi connectivity index (χ0n) is 8.70. The molecule has 0 amide bonds. The first kappa shape index (κ1) is 10.9. The van der Waals surface area contributed by atoms with E-state index in [1.807, 2.05) is 0 Å². The molecule has 0 aliphatic heterocycles. The van der Waals surface area contributed by atoms with Crippen LogP contribution in [0.3, 0.4) is 0 Å². The van der Waals surface area contributed by atoms with E-state index in [2.05, 4.69) is 9.97 Å². The molecule has 0 saturated carbocycles. The highest BCUT2D eigenvalue weighted by atomic mass is 16.5. The number of ether oxygens (including phenoxy) is 1. The van der Waals surface area contributed by atoms with Gasteiger partial charge < -0.3 is 15.6 Å². The number of aromatic carboxylic acids is 1. The average Bonchev–Trinajstić information content (AvgIpc) is 2.33. The number of anilines is 1. The lowest BCUT2D eigenvalue weighted by atomic mass is 10.3. The molecule has 0 aliphatic rings. The maximum absolute atomic E-state index is 10.6. The van der Waals surface area contributed by atoms with Crippen molar-refractivity contribution in [2.75, 3.05) is 5.73 Å². The van der Waals surface area contributed by atoms with Crippen molar-refractivity contribution in [2.45, 2.75) is 0 Å². The first-order valence-electron chi connectivity index (χ1n) is 4.74. The van der Waals surface area contributed by atoms with E-state index in [1.54, 1.807) is 24.3 Å². The predicted molar refractivity (Wildman–Crippen MR) is 59.9 cm³/mol. The number of nitrogens with zero attached hydrogens (tertiary/aromatic N) is 2. The second kappa shape index (κ2) is 4.48. The summed E-state index contributed by atoms with van der Waals surface area (Å²) in [6.07, 6.45) is 2.38. The largest absolute Gasteiger partial charge is 0.476 e. The summed E-state index contributed by atoms with van der Waals surface area (Å²) in [5.41, 5.74) is 6.02. The zero-order valence-corrected chi connectivity index (χ0v) is 8.70. The molecule has 0 fully saturated rings. The number of rotatable bonds is 3. The molecule has 2 aromatic rings. The summed E-state index contributed by atoms with van der Waals surface area (Å²) in [5, 5.41) is 8.64. The van der Waals surface area contributed by atoms with E-state index >= 15 is 0 Å². The Balaban J connectivity index is 2.13. The van der Waals surface area contributed by atoms with Gasteiger partial charge in [-0.1, -0.05) is 0 Å². The highest BCUT2D eigenvalue weighted by Crippen LogP contribution is 2.19. The van der Waals surface area contributed by atoms with Gasteiger partial charge in [0.05, 0.1) is 12.4 Å². The molecule has 1 aromatic heterocycles. The van der Waals surface area contributed by atoms with Gasteiger partial charge in [0, 0.05) is 5.69 Å². The molecule has 0 atom stereocenters. The van der Waals surface area contributed by atoms with E-state index < -0.39 is 5.97 Å². The van der Waals surface area contributed by atoms with E-state index in [9.17, 15) is 4.79 Å². The van der Waals surface area contributed by atoms with Crippen LogP contribution in [0.15, 0.2) is 36.7 Å². The van der Waals surface area contributed by atoms with Crippen molar-refractivity contribution in [1.82, 2.24) is 9.97 Å². The number of hydrogen-bond acceptors (Lipinski definition) is 5. The van der Waals surface area contributed by atoms with E-state index in [0.717, 1.165) is 6.20 Å². The molecule has 3 N–H and O–H groups in total. The zero-order chi connectivity index (χ0) is 12.3. The number of nitrogen functional groups attached to an aromatic ring is 1. The summed E-state index contributed by atoms with van der Waals surface area (Å²) < 4.78 is 5.35. The Labute approximate surface area is 96.7 Å². The number of carbonyl (C=O) groups is 1. The topological polar surface area (TPSA) is 98.3 Å². The standard InChI is InChI=1S/C11H9N3O3/c12-7-1-3-8(4-2-7)17-10-6-13-9(5-14-10)11(15)16/h1-6H,12H2,(H,15,16). The van der Waals surface area contributed by atoms with Gasteiger partial charge >= 0.3 is 5.97 Å². The third-order valence-corrected chi connectivity index (χ3v) is 1.95. The van der Waals surface area contributed by atoms with Gasteiger partial charge in [-0.05, 0) is 24.3 Å². The van der Waals surface area contributed by atoms with Gasteiger partial charge in [-0.3, -0.25) is 0 Å². The molecule has 17 heavy (non-hydrogen) atoms. The number of aromatic nitrogens is 2. The molecule has 0 aliphatic carbocycles. The fourth-order valence-corrected chi connectivity index (χ4v) is 1.14. The maximum Gasteiger partial charge on any atom is 0.356 e. The Bertz CT molecular complexity index is 523. The van der Waals surface area contributed by atoms with Crippen molar-refractivity contribution in [3.8, 4) is 11.6 Å². The van der Waals surface area contributed by atoms with Crippen LogP contribution in [0.4, 0.5) is 5.69 Å². The molecule has 0 spiro atoms. The minimum atomic E-state index is -1.13. The quantitative estimate of drug-likeness (QED) is 0.777. The van der Waals surface area contributed by atoms with Gasteiger partial charge in [-0.15, -0.1) is 0 Å². The third kappa shape index (κ3) is 2.69. The molecular weight excluding hydrogens is 222 g/mol. The Morgan fingerprint density at radius 3 is 2.41 bits per heavy atom. The normalized spacial score (nSPS) is 9.88. The highest BCUT2D eigenvalue weighted by Gasteiger charge is 2.05. The van der Waals surface area contributed by atoms with Crippen molar-refractivity contribution in [2.24, 2.45) is 0 Å². The lowest BCUT2D eigenvalue weighted by molar-refractivity contribution is 0.0690. The van der Waals surface area contributed by atoms with Gasteiger partial charge in [-0.25, -0.2) is 14.8 Å². The van der Waals surface area contributed by atoms with Crippen LogP contribution in [0.25, 0.3) is 0 Å². The summed E-state index contributed by atoms with van der Waals surface area (Å²) in [6, 6.07) is 6.74. The Morgan fingerprint density at radius 2 is 1.88 bits per heavy atom. The first-order valence-corrected chi connectivity index (χ1v) is 4.74. The van der Waals surface area contributed by atoms with Crippen LogP contribution in [-0.2, 0) is 0 Å². The fourth-order valence-electron chi connectivity index (χ4n) is 1.14.